The zero-order chi connectivity index (χ0) is 18.8. The SMILES string of the molecule is Cc1nnc2c(NC(=O)N(C)C)cc(N(C)[C@@H](C)c3ccccc3)nn12. The van der Waals surface area contributed by atoms with E-state index in [-0.39, 0.29) is 12.1 Å². The smallest absolute Gasteiger partial charge is 0.321 e. The van der Waals surface area contributed by atoms with E-state index in [1.54, 1.807) is 18.6 Å². The van der Waals surface area contributed by atoms with Gasteiger partial charge in [-0.25, -0.2) is 4.79 Å². The summed E-state index contributed by atoms with van der Waals surface area (Å²) in [5, 5.41) is 15.7. The monoisotopic (exact) mass is 353 g/mol. The van der Waals surface area contributed by atoms with Gasteiger partial charge in [-0.15, -0.1) is 15.3 Å². The van der Waals surface area contributed by atoms with Crippen LogP contribution in [0.1, 0.15) is 24.4 Å². The van der Waals surface area contributed by atoms with Gasteiger partial charge in [0.25, 0.3) is 0 Å². The van der Waals surface area contributed by atoms with E-state index in [2.05, 4.69) is 44.6 Å². The number of nitrogens with one attached hydrogen (secondary N) is 1. The van der Waals surface area contributed by atoms with Crippen LogP contribution in [0.15, 0.2) is 36.4 Å². The minimum Gasteiger partial charge on any atom is -0.351 e. The van der Waals surface area contributed by atoms with Gasteiger partial charge < -0.3 is 15.1 Å². The molecule has 2 heterocycles. The standard InChI is InChI=1S/C18H23N7O/c1-12(14-9-7-6-8-10-14)24(5)16-11-15(19-18(26)23(3)4)17-21-20-13(2)25(17)22-16/h6-12H,1-5H3,(H,19,26)/t12-/m0/s1. The van der Waals surface area contributed by atoms with Crippen LogP contribution in [0.25, 0.3) is 5.65 Å². The molecule has 0 aliphatic rings. The average Bonchev–Trinajstić information content (AvgIpc) is 3.02. The van der Waals surface area contributed by atoms with Crippen molar-refractivity contribution in [1.29, 1.82) is 0 Å². The van der Waals surface area contributed by atoms with Crippen LogP contribution in [0, 0.1) is 6.92 Å². The molecule has 0 aliphatic heterocycles. The van der Waals surface area contributed by atoms with Crippen molar-refractivity contribution >= 4 is 23.2 Å². The molecule has 3 aromatic rings. The van der Waals surface area contributed by atoms with Crippen LogP contribution in [0.2, 0.25) is 0 Å². The van der Waals surface area contributed by atoms with Crippen molar-refractivity contribution in [3.8, 4) is 0 Å². The molecule has 2 aromatic heterocycles. The second kappa shape index (κ2) is 6.99. The molecule has 0 radical (unpaired) electrons. The molecular weight excluding hydrogens is 330 g/mol. The van der Waals surface area contributed by atoms with E-state index in [0.717, 1.165) is 0 Å². The molecule has 136 valence electrons. The maximum atomic E-state index is 12.1. The van der Waals surface area contributed by atoms with Crippen molar-refractivity contribution in [2.45, 2.75) is 19.9 Å². The molecule has 26 heavy (non-hydrogen) atoms. The van der Waals surface area contributed by atoms with Crippen molar-refractivity contribution < 1.29 is 4.79 Å². The number of benzene rings is 1. The van der Waals surface area contributed by atoms with Crippen LogP contribution < -0.4 is 10.2 Å². The largest absolute Gasteiger partial charge is 0.351 e. The Morgan fingerprint density at radius 1 is 1.15 bits per heavy atom. The van der Waals surface area contributed by atoms with Crippen LogP contribution in [0.5, 0.6) is 0 Å². The number of hydrogen-bond acceptors (Lipinski definition) is 5. The number of aromatic nitrogens is 4. The molecular formula is C18H23N7O. The molecule has 0 aliphatic carbocycles. The Hall–Kier alpha value is -3.16. The summed E-state index contributed by atoms with van der Waals surface area (Å²) in [5.41, 5.74) is 2.26. The van der Waals surface area contributed by atoms with E-state index in [1.165, 1.54) is 10.5 Å². The number of hydrogen-bond donors (Lipinski definition) is 1. The Morgan fingerprint density at radius 3 is 2.50 bits per heavy atom. The number of anilines is 2. The fourth-order valence-electron chi connectivity index (χ4n) is 2.62. The number of fused-ring (bicyclic) bond motifs is 1. The molecule has 8 heteroatoms. The molecule has 2 amide bonds. The highest BCUT2D eigenvalue weighted by molar-refractivity contribution is 5.93. The summed E-state index contributed by atoms with van der Waals surface area (Å²) >= 11 is 0. The summed E-state index contributed by atoms with van der Waals surface area (Å²) in [7, 11) is 5.35. The van der Waals surface area contributed by atoms with Gasteiger partial charge in [-0.2, -0.15) is 4.52 Å². The predicted molar refractivity (Wildman–Crippen MR) is 101 cm³/mol. The molecule has 0 saturated heterocycles. The lowest BCUT2D eigenvalue weighted by Gasteiger charge is -2.27. The van der Waals surface area contributed by atoms with Crippen LogP contribution in [0.4, 0.5) is 16.3 Å². The van der Waals surface area contributed by atoms with E-state index in [4.69, 9.17) is 0 Å². The van der Waals surface area contributed by atoms with Crippen LogP contribution in [-0.2, 0) is 0 Å². The van der Waals surface area contributed by atoms with Gasteiger partial charge in [0.05, 0.1) is 11.7 Å². The summed E-state index contributed by atoms with van der Waals surface area (Å²) in [6, 6.07) is 11.9. The number of aryl methyl sites for hydroxylation is 1. The van der Waals surface area contributed by atoms with Crippen LogP contribution in [-0.4, -0.2) is 51.9 Å². The zero-order valence-corrected chi connectivity index (χ0v) is 15.6. The van der Waals surface area contributed by atoms with Crippen LogP contribution >= 0.6 is 0 Å². The van der Waals surface area contributed by atoms with Crippen molar-refractivity contribution in [2.75, 3.05) is 31.4 Å². The molecule has 0 fully saturated rings. The number of carbonyl (C=O) groups excluding carboxylic acids is 1. The number of nitrogens with zero attached hydrogens (tertiary/aromatic N) is 6. The molecule has 1 atom stereocenters. The quantitative estimate of drug-likeness (QED) is 0.780. The van der Waals surface area contributed by atoms with E-state index >= 15 is 0 Å². The van der Waals surface area contributed by atoms with Crippen molar-refractivity contribution in [2.24, 2.45) is 0 Å². The maximum absolute atomic E-state index is 12.1. The number of rotatable bonds is 4. The average molecular weight is 353 g/mol. The van der Waals surface area contributed by atoms with Gasteiger partial charge in [-0.05, 0) is 19.4 Å². The molecule has 0 spiro atoms. The highest BCUT2D eigenvalue weighted by Gasteiger charge is 2.19. The molecule has 0 saturated carbocycles. The molecule has 0 unspecified atom stereocenters. The van der Waals surface area contributed by atoms with Gasteiger partial charge in [-0.3, -0.25) is 0 Å². The summed E-state index contributed by atoms with van der Waals surface area (Å²) in [6.45, 7) is 3.94. The lowest BCUT2D eigenvalue weighted by molar-refractivity contribution is 0.230. The van der Waals surface area contributed by atoms with E-state index in [1.807, 2.05) is 38.2 Å². The predicted octanol–water partition coefficient (Wildman–Crippen LogP) is 2.72. The Morgan fingerprint density at radius 2 is 1.85 bits per heavy atom. The normalized spacial score (nSPS) is 12.0. The van der Waals surface area contributed by atoms with Gasteiger partial charge in [0, 0.05) is 27.2 Å². The van der Waals surface area contributed by atoms with Gasteiger partial charge in [0.2, 0.25) is 5.65 Å². The highest BCUT2D eigenvalue weighted by atomic mass is 16.2. The first kappa shape index (κ1) is 17.7. The summed E-state index contributed by atoms with van der Waals surface area (Å²) in [4.78, 5) is 15.6. The lowest BCUT2D eigenvalue weighted by Crippen LogP contribution is -2.28. The third-order valence-corrected chi connectivity index (χ3v) is 4.39. The minimum atomic E-state index is -0.233. The first-order valence-electron chi connectivity index (χ1n) is 8.37. The van der Waals surface area contributed by atoms with Crippen molar-refractivity contribution in [3.05, 3.63) is 47.8 Å². The molecule has 1 aromatic carbocycles. The zero-order valence-electron chi connectivity index (χ0n) is 15.6. The Labute approximate surface area is 152 Å². The third-order valence-electron chi connectivity index (χ3n) is 4.39. The van der Waals surface area contributed by atoms with Crippen molar-refractivity contribution in [1.82, 2.24) is 24.7 Å². The minimum absolute atomic E-state index is 0.107. The molecule has 8 nitrogen and oxygen atoms in total. The fourth-order valence-corrected chi connectivity index (χ4v) is 2.62. The Bertz CT molecular complexity index is 920. The fraction of sp³-hybridized carbons (Fsp3) is 0.333. The van der Waals surface area contributed by atoms with Gasteiger partial charge in [0.1, 0.15) is 0 Å². The van der Waals surface area contributed by atoms with E-state index in [0.29, 0.717) is 23.0 Å². The topological polar surface area (TPSA) is 78.7 Å². The summed E-state index contributed by atoms with van der Waals surface area (Å²) in [6.07, 6.45) is 0. The second-order valence-corrected chi connectivity index (χ2v) is 6.42. The first-order chi connectivity index (χ1) is 12.4. The van der Waals surface area contributed by atoms with Crippen LogP contribution in [0.3, 0.4) is 0 Å². The Kier molecular flexibility index (Phi) is 4.75. The Balaban J connectivity index is 2.03. The van der Waals surface area contributed by atoms with Gasteiger partial charge in [0.15, 0.2) is 11.6 Å². The highest BCUT2D eigenvalue weighted by Crippen LogP contribution is 2.27. The van der Waals surface area contributed by atoms with E-state index in [9.17, 15) is 4.79 Å². The maximum Gasteiger partial charge on any atom is 0.321 e. The summed E-state index contributed by atoms with van der Waals surface area (Å²) < 4.78 is 1.65. The molecule has 3 rings (SSSR count). The number of urea groups is 1. The van der Waals surface area contributed by atoms with Gasteiger partial charge >= 0.3 is 6.03 Å². The number of amides is 2. The van der Waals surface area contributed by atoms with Gasteiger partial charge in [-0.1, -0.05) is 30.3 Å². The second-order valence-electron chi connectivity index (χ2n) is 6.42. The summed E-state index contributed by atoms with van der Waals surface area (Å²) in [5.74, 6) is 1.37. The van der Waals surface area contributed by atoms with Crippen molar-refractivity contribution in [3.63, 3.8) is 0 Å². The number of carbonyl (C=O) groups is 1. The molecule has 1 N–H and O–H groups in total. The first-order valence-corrected chi connectivity index (χ1v) is 8.37. The van der Waals surface area contributed by atoms with E-state index < -0.39 is 0 Å². The third kappa shape index (κ3) is 3.30. The lowest BCUT2D eigenvalue weighted by atomic mass is 10.1. The molecule has 0 bridgehead atoms.